The predicted molar refractivity (Wildman–Crippen MR) is 59.0 cm³/mol. The second-order valence-corrected chi connectivity index (χ2v) is 3.84. The Morgan fingerprint density at radius 3 is 3.00 bits per heavy atom. The lowest BCUT2D eigenvalue weighted by molar-refractivity contribution is -0.0282. The van der Waals surface area contributed by atoms with Crippen molar-refractivity contribution in [2.45, 2.75) is 25.8 Å². The highest BCUT2D eigenvalue weighted by atomic mass is 16.7. The molecule has 1 heterocycles. The van der Waals surface area contributed by atoms with Crippen LogP contribution in [0.25, 0.3) is 0 Å². The summed E-state index contributed by atoms with van der Waals surface area (Å²) in [5, 5.41) is 0. The Balaban J connectivity index is 2.03. The van der Waals surface area contributed by atoms with Crippen molar-refractivity contribution in [2.75, 3.05) is 19.1 Å². The Kier molecular flexibility index (Phi) is 3.14. The molecular weight excluding hydrogens is 208 g/mol. The van der Waals surface area contributed by atoms with E-state index in [-0.39, 0.29) is 12.8 Å². The average molecular weight is 224 g/mol. The van der Waals surface area contributed by atoms with E-state index in [1.54, 1.807) is 12.3 Å². The van der Waals surface area contributed by atoms with E-state index in [1.807, 2.05) is 11.5 Å². The molecule has 1 aromatic rings. The van der Waals surface area contributed by atoms with Crippen molar-refractivity contribution in [3.05, 3.63) is 18.0 Å². The van der Waals surface area contributed by atoms with E-state index in [4.69, 9.17) is 15.2 Å². The number of ether oxygens (including phenoxy) is 2. The molecule has 0 unspecified atom stereocenters. The minimum Gasteiger partial charge on any atom is -0.434 e. The molecule has 2 N–H and O–H groups in total. The summed E-state index contributed by atoms with van der Waals surface area (Å²) in [5.41, 5.74) is 6.78. The highest BCUT2D eigenvalue weighted by Gasteiger charge is 2.28. The number of esters is 1. The molecule has 0 radical (unpaired) electrons. The molecule has 0 saturated heterocycles. The fraction of sp³-hybridized carbons (Fsp3) is 0.545. The van der Waals surface area contributed by atoms with Gasteiger partial charge in [-0.15, -0.1) is 0 Å². The standard InChI is InChI=1S/C11H16N2O3/c1-2-15-7-16-11(14)10-5-8(12)6-13(10)9-3-4-9/h5-6,9H,2-4,7,12H2,1H3. The van der Waals surface area contributed by atoms with E-state index in [1.165, 1.54) is 0 Å². The molecule has 1 aliphatic rings. The van der Waals surface area contributed by atoms with E-state index in [0.717, 1.165) is 12.8 Å². The monoisotopic (exact) mass is 224 g/mol. The minimum absolute atomic E-state index is 0.00884. The van der Waals surface area contributed by atoms with Gasteiger partial charge in [-0.25, -0.2) is 4.79 Å². The molecule has 1 fully saturated rings. The molecule has 1 aliphatic carbocycles. The van der Waals surface area contributed by atoms with Crippen LogP contribution in [-0.4, -0.2) is 23.9 Å². The van der Waals surface area contributed by atoms with Crippen molar-refractivity contribution < 1.29 is 14.3 Å². The van der Waals surface area contributed by atoms with Gasteiger partial charge in [-0.2, -0.15) is 0 Å². The SMILES string of the molecule is CCOCOC(=O)c1cc(N)cn1C1CC1. The third-order valence-corrected chi connectivity index (χ3v) is 2.50. The van der Waals surface area contributed by atoms with Crippen LogP contribution in [0.3, 0.4) is 0 Å². The summed E-state index contributed by atoms with van der Waals surface area (Å²) >= 11 is 0. The summed E-state index contributed by atoms with van der Waals surface area (Å²) in [7, 11) is 0. The number of anilines is 1. The van der Waals surface area contributed by atoms with Crippen molar-refractivity contribution in [3.63, 3.8) is 0 Å². The average Bonchev–Trinajstić information content (AvgIpc) is 3.02. The third-order valence-electron chi connectivity index (χ3n) is 2.50. The van der Waals surface area contributed by atoms with Crippen LogP contribution < -0.4 is 5.73 Å². The number of hydrogen-bond acceptors (Lipinski definition) is 4. The Morgan fingerprint density at radius 2 is 2.38 bits per heavy atom. The van der Waals surface area contributed by atoms with Gasteiger partial charge in [-0.05, 0) is 25.8 Å². The van der Waals surface area contributed by atoms with Crippen LogP contribution in [-0.2, 0) is 9.47 Å². The second kappa shape index (κ2) is 4.57. The van der Waals surface area contributed by atoms with Gasteiger partial charge in [0.25, 0.3) is 0 Å². The third kappa shape index (κ3) is 2.36. The first kappa shape index (κ1) is 11.0. The lowest BCUT2D eigenvalue weighted by atomic mass is 10.4. The van der Waals surface area contributed by atoms with Gasteiger partial charge in [0.15, 0.2) is 6.79 Å². The maximum atomic E-state index is 11.7. The number of nitrogens with two attached hydrogens (primary N) is 1. The van der Waals surface area contributed by atoms with Gasteiger partial charge in [0, 0.05) is 18.8 Å². The fourth-order valence-electron chi connectivity index (χ4n) is 1.57. The number of carbonyl (C=O) groups is 1. The number of carbonyl (C=O) groups excluding carboxylic acids is 1. The molecule has 0 bridgehead atoms. The molecule has 88 valence electrons. The van der Waals surface area contributed by atoms with Crippen LogP contribution in [0.4, 0.5) is 5.69 Å². The van der Waals surface area contributed by atoms with Gasteiger partial charge in [0.1, 0.15) is 5.69 Å². The Bertz CT molecular complexity index is 383. The fourth-order valence-corrected chi connectivity index (χ4v) is 1.57. The van der Waals surface area contributed by atoms with Crippen molar-refractivity contribution >= 4 is 11.7 Å². The van der Waals surface area contributed by atoms with E-state index in [2.05, 4.69) is 0 Å². The summed E-state index contributed by atoms with van der Waals surface area (Å²) < 4.78 is 11.8. The van der Waals surface area contributed by atoms with Gasteiger partial charge in [-0.1, -0.05) is 0 Å². The van der Waals surface area contributed by atoms with Gasteiger partial charge in [0.05, 0.1) is 5.69 Å². The first-order chi connectivity index (χ1) is 7.72. The molecule has 0 aliphatic heterocycles. The zero-order valence-corrected chi connectivity index (χ0v) is 9.31. The smallest absolute Gasteiger partial charge is 0.357 e. The molecule has 1 saturated carbocycles. The van der Waals surface area contributed by atoms with E-state index in [9.17, 15) is 4.79 Å². The highest BCUT2D eigenvalue weighted by Crippen LogP contribution is 2.37. The summed E-state index contributed by atoms with van der Waals surface area (Å²) in [5.74, 6) is -0.378. The number of rotatable bonds is 5. The molecule has 0 amide bonds. The quantitative estimate of drug-likeness (QED) is 0.468. The first-order valence-electron chi connectivity index (χ1n) is 5.44. The minimum atomic E-state index is -0.378. The largest absolute Gasteiger partial charge is 0.434 e. The zero-order valence-electron chi connectivity index (χ0n) is 9.31. The molecule has 5 nitrogen and oxygen atoms in total. The number of nitrogens with zero attached hydrogens (tertiary/aromatic N) is 1. The lowest BCUT2D eigenvalue weighted by Crippen LogP contribution is -2.13. The summed E-state index contributed by atoms with van der Waals surface area (Å²) in [6.07, 6.45) is 3.98. The Morgan fingerprint density at radius 1 is 1.62 bits per heavy atom. The van der Waals surface area contributed by atoms with Crippen molar-refractivity contribution in [1.82, 2.24) is 4.57 Å². The summed E-state index contributed by atoms with van der Waals surface area (Å²) in [6.45, 7) is 2.36. The van der Waals surface area contributed by atoms with E-state index < -0.39 is 0 Å². The first-order valence-corrected chi connectivity index (χ1v) is 5.44. The van der Waals surface area contributed by atoms with Crippen molar-refractivity contribution in [3.8, 4) is 0 Å². The second-order valence-electron chi connectivity index (χ2n) is 3.84. The van der Waals surface area contributed by atoms with Gasteiger partial charge in [0.2, 0.25) is 0 Å². The van der Waals surface area contributed by atoms with Gasteiger partial charge < -0.3 is 19.8 Å². The molecular formula is C11H16N2O3. The summed E-state index contributed by atoms with van der Waals surface area (Å²) in [4.78, 5) is 11.7. The topological polar surface area (TPSA) is 66.5 Å². The number of aromatic nitrogens is 1. The maximum Gasteiger partial charge on any atom is 0.357 e. The normalized spacial score (nSPS) is 15.1. The highest BCUT2D eigenvalue weighted by molar-refractivity contribution is 5.89. The van der Waals surface area contributed by atoms with Gasteiger partial charge in [-0.3, -0.25) is 0 Å². The molecule has 2 rings (SSSR count). The molecule has 16 heavy (non-hydrogen) atoms. The van der Waals surface area contributed by atoms with Crippen LogP contribution >= 0.6 is 0 Å². The molecule has 1 aromatic heterocycles. The molecule has 0 spiro atoms. The summed E-state index contributed by atoms with van der Waals surface area (Å²) in [6, 6.07) is 2.05. The molecule has 0 atom stereocenters. The zero-order chi connectivity index (χ0) is 11.5. The lowest BCUT2D eigenvalue weighted by Gasteiger charge is -2.07. The van der Waals surface area contributed by atoms with Gasteiger partial charge >= 0.3 is 5.97 Å². The van der Waals surface area contributed by atoms with Crippen LogP contribution in [0.15, 0.2) is 12.3 Å². The van der Waals surface area contributed by atoms with Crippen molar-refractivity contribution in [1.29, 1.82) is 0 Å². The van der Waals surface area contributed by atoms with Crippen LogP contribution in [0.5, 0.6) is 0 Å². The molecule has 5 heteroatoms. The predicted octanol–water partition coefficient (Wildman–Crippen LogP) is 1.56. The Hall–Kier alpha value is -1.49. The number of hydrogen-bond donors (Lipinski definition) is 1. The maximum absolute atomic E-state index is 11.7. The Labute approximate surface area is 94.1 Å². The van der Waals surface area contributed by atoms with E-state index in [0.29, 0.717) is 24.0 Å². The van der Waals surface area contributed by atoms with Crippen LogP contribution in [0, 0.1) is 0 Å². The van der Waals surface area contributed by atoms with Crippen LogP contribution in [0.2, 0.25) is 0 Å². The van der Waals surface area contributed by atoms with E-state index >= 15 is 0 Å². The molecule has 0 aromatic carbocycles. The number of nitrogen functional groups attached to an aromatic ring is 1. The van der Waals surface area contributed by atoms with Crippen LogP contribution in [0.1, 0.15) is 36.3 Å². The van der Waals surface area contributed by atoms with Crippen molar-refractivity contribution in [2.24, 2.45) is 0 Å².